The van der Waals surface area contributed by atoms with E-state index < -0.39 is 5.97 Å². The highest BCUT2D eigenvalue weighted by Crippen LogP contribution is 2.19. The fraction of sp³-hybridized carbons (Fsp3) is 0.846. The van der Waals surface area contributed by atoms with Crippen molar-refractivity contribution < 1.29 is 14.7 Å². The molecule has 110 valence electrons. The molecule has 2 N–H and O–H groups in total. The fourth-order valence-electron chi connectivity index (χ4n) is 2.10. The first-order chi connectivity index (χ1) is 9.00. The number of thioether (sulfide) groups is 1. The van der Waals surface area contributed by atoms with Crippen molar-refractivity contribution in [3.8, 4) is 0 Å². The number of nitrogens with one attached hydrogen (secondary N) is 1. The Hall–Kier alpha value is -0.910. The molecule has 6 heteroatoms. The molecule has 1 saturated heterocycles. The van der Waals surface area contributed by atoms with Crippen molar-refractivity contribution >= 4 is 23.8 Å². The van der Waals surface area contributed by atoms with E-state index in [2.05, 4.69) is 19.2 Å². The smallest absolute Gasteiger partial charge is 0.317 e. The number of carboxylic acid groups (broad SMARTS) is 1. The van der Waals surface area contributed by atoms with Crippen LogP contribution < -0.4 is 5.32 Å². The standard InChI is InChI=1S/C13H24N2O3S/c1-10(2)4-3-5-14-13(18)15-6-7-19-9-11(15)8-12(16)17/h10-11H,3-9H2,1-2H3,(H,14,18)(H,16,17). The molecule has 1 heterocycles. The number of rotatable bonds is 6. The summed E-state index contributed by atoms with van der Waals surface area (Å²) in [5.74, 6) is 1.40. The van der Waals surface area contributed by atoms with Crippen molar-refractivity contribution in [3.05, 3.63) is 0 Å². The molecule has 2 amide bonds. The van der Waals surface area contributed by atoms with Crippen LogP contribution in [0.25, 0.3) is 0 Å². The predicted molar refractivity (Wildman–Crippen MR) is 77.5 cm³/mol. The molecule has 0 aromatic heterocycles. The van der Waals surface area contributed by atoms with Gasteiger partial charge in [0.15, 0.2) is 0 Å². The minimum absolute atomic E-state index is 0.0341. The molecule has 0 radical (unpaired) electrons. The molecule has 1 rings (SSSR count). The van der Waals surface area contributed by atoms with Crippen LogP contribution in [0.1, 0.15) is 33.1 Å². The van der Waals surface area contributed by atoms with Crippen LogP contribution in [0, 0.1) is 5.92 Å². The van der Waals surface area contributed by atoms with Crippen LogP contribution in [0.15, 0.2) is 0 Å². The second-order valence-electron chi connectivity index (χ2n) is 5.29. The molecule has 1 aliphatic rings. The third-order valence-corrected chi connectivity index (χ3v) is 4.22. The first-order valence-electron chi connectivity index (χ1n) is 6.84. The predicted octanol–water partition coefficient (Wildman–Crippen LogP) is 2.02. The Labute approximate surface area is 119 Å². The molecule has 0 bridgehead atoms. The van der Waals surface area contributed by atoms with Crippen LogP contribution >= 0.6 is 11.8 Å². The summed E-state index contributed by atoms with van der Waals surface area (Å²) in [4.78, 5) is 24.5. The van der Waals surface area contributed by atoms with Gasteiger partial charge in [0.1, 0.15) is 0 Å². The Morgan fingerprint density at radius 2 is 2.21 bits per heavy atom. The van der Waals surface area contributed by atoms with Gasteiger partial charge in [-0.2, -0.15) is 11.8 Å². The summed E-state index contributed by atoms with van der Waals surface area (Å²) in [7, 11) is 0. The number of nitrogens with zero attached hydrogens (tertiary/aromatic N) is 1. The molecule has 0 aliphatic carbocycles. The summed E-state index contributed by atoms with van der Waals surface area (Å²) >= 11 is 1.71. The minimum atomic E-state index is -0.842. The van der Waals surface area contributed by atoms with Crippen LogP contribution in [-0.2, 0) is 4.79 Å². The number of amides is 2. The lowest BCUT2D eigenvalue weighted by Crippen LogP contribution is -2.51. The summed E-state index contributed by atoms with van der Waals surface area (Å²) in [6, 6.07) is -0.295. The molecule has 5 nitrogen and oxygen atoms in total. The van der Waals surface area contributed by atoms with Crippen LogP contribution in [0.2, 0.25) is 0 Å². The second kappa shape index (κ2) is 8.30. The lowest BCUT2D eigenvalue weighted by molar-refractivity contribution is -0.137. The average molecular weight is 288 g/mol. The van der Waals surface area contributed by atoms with Crippen LogP contribution in [0.5, 0.6) is 0 Å². The van der Waals surface area contributed by atoms with Gasteiger partial charge in [-0.1, -0.05) is 13.8 Å². The largest absolute Gasteiger partial charge is 0.481 e. The Bertz CT molecular complexity index is 310. The van der Waals surface area contributed by atoms with Gasteiger partial charge in [0.05, 0.1) is 12.5 Å². The molecular formula is C13H24N2O3S. The SMILES string of the molecule is CC(C)CCCNC(=O)N1CCSCC1CC(=O)O. The maximum atomic E-state index is 12.0. The van der Waals surface area contributed by atoms with Gasteiger partial charge in [-0.3, -0.25) is 4.79 Å². The first-order valence-corrected chi connectivity index (χ1v) is 8.00. The van der Waals surface area contributed by atoms with Crippen molar-refractivity contribution in [2.45, 2.75) is 39.2 Å². The Morgan fingerprint density at radius 1 is 1.47 bits per heavy atom. The summed E-state index contributed by atoms with van der Waals surface area (Å²) in [6.45, 7) is 5.62. The van der Waals surface area contributed by atoms with E-state index in [1.807, 2.05) is 0 Å². The van der Waals surface area contributed by atoms with Gasteiger partial charge in [-0.25, -0.2) is 4.79 Å². The van der Waals surface area contributed by atoms with E-state index in [1.54, 1.807) is 16.7 Å². The second-order valence-corrected chi connectivity index (χ2v) is 6.44. The van der Waals surface area contributed by atoms with Gasteiger partial charge in [-0.05, 0) is 18.8 Å². The third kappa shape index (κ3) is 6.18. The fourth-order valence-corrected chi connectivity index (χ4v) is 3.16. The number of hydrogen-bond acceptors (Lipinski definition) is 3. The van der Waals surface area contributed by atoms with E-state index in [0.29, 0.717) is 24.8 Å². The molecule has 1 fully saturated rings. The topological polar surface area (TPSA) is 69.6 Å². The van der Waals surface area contributed by atoms with Crippen LogP contribution in [-0.4, -0.2) is 52.6 Å². The highest BCUT2D eigenvalue weighted by atomic mass is 32.2. The third-order valence-electron chi connectivity index (χ3n) is 3.13. The zero-order valence-electron chi connectivity index (χ0n) is 11.7. The van der Waals surface area contributed by atoms with E-state index in [4.69, 9.17) is 5.11 Å². The molecule has 1 atom stereocenters. The van der Waals surface area contributed by atoms with Crippen molar-refractivity contribution in [3.63, 3.8) is 0 Å². The van der Waals surface area contributed by atoms with E-state index >= 15 is 0 Å². The monoisotopic (exact) mass is 288 g/mol. The Kier molecular flexibility index (Phi) is 7.05. The molecule has 0 spiro atoms. The number of carbonyl (C=O) groups excluding carboxylic acids is 1. The number of carboxylic acids is 1. The molecule has 0 saturated carbocycles. The normalized spacial score (nSPS) is 19.5. The van der Waals surface area contributed by atoms with E-state index in [1.165, 1.54) is 0 Å². The minimum Gasteiger partial charge on any atom is -0.481 e. The summed E-state index contributed by atoms with van der Waals surface area (Å²) < 4.78 is 0. The highest BCUT2D eigenvalue weighted by molar-refractivity contribution is 7.99. The van der Waals surface area contributed by atoms with Crippen molar-refractivity contribution in [1.82, 2.24) is 10.2 Å². The maximum absolute atomic E-state index is 12.0. The van der Waals surface area contributed by atoms with Crippen molar-refractivity contribution in [1.29, 1.82) is 0 Å². The summed E-state index contributed by atoms with van der Waals surface area (Å²) in [6.07, 6.45) is 2.09. The summed E-state index contributed by atoms with van der Waals surface area (Å²) in [5, 5.41) is 11.8. The number of aliphatic carboxylic acids is 1. The zero-order chi connectivity index (χ0) is 14.3. The Morgan fingerprint density at radius 3 is 2.84 bits per heavy atom. The van der Waals surface area contributed by atoms with Crippen LogP contribution in [0.4, 0.5) is 4.79 Å². The van der Waals surface area contributed by atoms with Crippen LogP contribution in [0.3, 0.4) is 0 Å². The molecule has 19 heavy (non-hydrogen) atoms. The van der Waals surface area contributed by atoms with Gasteiger partial charge < -0.3 is 15.3 Å². The highest BCUT2D eigenvalue weighted by Gasteiger charge is 2.28. The van der Waals surface area contributed by atoms with E-state index in [-0.39, 0.29) is 18.5 Å². The lowest BCUT2D eigenvalue weighted by Gasteiger charge is -2.34. The van der Waals surface area contributed by atoms with Gasteiger partial charge in [0, 0.05) is 24.6 Å². The van der Waals surface area contributed by atoms with Crippen molar-refractivity contribution in [2.24, 2.45) is 5.92 Å². The molecule has 1 unspecified atom stereocenters. The van der Waals surface area contributed by atoms with E-state index in [9.17, 15) is 9.59 Å². The molecule has 1 aliphatic heterocycles. The van der Waals surface area contributed by atoms with Gasteiger partial charge >= 0.3 is 12.0 Å². The van der Waals surface area contributed by atoms with Gasteiger partial charge in [-0.15, -0.1) is 0 Å². The maximum Gasteiger partial charge on any atom is 0.317 e. The van der Waals surface area contributed by atoms with Crippen molar-refractivity contribution in [2.75, 3.05) is 24.6 Å². The Balaban J connectivity index is 2.37. The molecule has 0 aromatic rings. The first kappa shape index (κ1) is 16.1. The zero-order valence-corrected chi connectivity index (χ0v) is 12.5. The summed E-state index contributed by atoms with van der Waals surface area (Å²) in [5.41, 5.74) is 0. The number of urea groups is 1. The van der Waals surface area contributed by atoms with E-state index in [0.717, 1.165) is 18.6 Å². The van der Waals surface area contributed by atoms with Gasteiger partial charge in [0.2, 0.25) is 0 Å². The molecule has 0 aromatic carbocycles. The van der Waals surface area contributed by atoms with Gasteiger partial charge in [0.25, 0.3) is 0 Å². The lowest BCUT2D eigenvalue weighted by atomic mass is 10.1. The average Bonchev–Trinajstić information content (AvgIpc) is 2.34. The molecular weight excluding hydrogens is 264 g/mol. The number of carbonyl (C=O) groups is 2. The number of hydrogen-bond donors (Lipinski definition) is 2. The quantitative estimate of drug-likeness (QED) is 0.734.